The van der Waals surface area contributed by atoms with Gasteiger partial charge in [-0.3, -0.25) is 9.78 Å². The second-order valence-corrected chi connectivity index (χ2v) is 5.73. The molecule has 2 heterocycles. The number of carbonyl (C=O) groups excluding carboxylic acids is 1. The third-order valence-electron chi connectivity index (χ3n) is 4.69. The number of hydrogen-bond donors (Lipinski definition) is 0. The van der Waals surface area contributed by atoms with Crippen LogP contribution in [0.2, 0.25) is 0 Å². The molecule has 1 aromatic heterocycles. The summed E-state index contributed by atoms with van der Waals surface area (Å²) in [6.07, 6.45) is 6.89. The molecule has 1 amide bonds. The third kappa shape index (κ3) is 2.42. The molecule has 2 aliphatic rings. The lowest BCUT2D eigenvalue weighted by molar-refractivity contribution is -0.125. The number of aromatic nitrogens is 1. The normalized spacial score (nSPS) is 29.3. The summed E-state index contributed by atoms with van der Waals surface area (Å²) in [4.78, 5) is 18.1. The molecule has 0 radical (unpaired) electrons. The fraction of sp³-hybridized carbons (Fsp3) is 0.500. The van der Waals surface area contributed by atoms with Crippen molar-refractivity contribution in [1.29, 1.82) is 0 Å². The van der Waals surface area contributed by atoms with Crippen LogP contribution < -0.4 is 0 Å². The first-order chi connectivity index (χ1) is 9.28. The summed E-state index contributed by atoms with van der Waals surface area (Å²) in [5, 5.41) is 0. The molecule has 3 rings (SSSR count). The number of pyridine rings is 1. The van der Waals surface area contributed by atoms with E-state index in [-0.39, 0.29) is 5.91 Å². The van der Waals surface area contributed by atoms with Crippen LogP contribution in [0.15, 0.2) is 37.1 Å². The molecule has 100 valence electrons. The van der Waals surface area contributed by atoms with E-state index in [1.807, 2.05) is 17.2 Å². The van der Waals surface area contributed by atoms with Crippen molar-refractivity contribution in [1.82, 2.24) is 9.88 Å². The van der Waals surface area contributed by atoms with E-state index in [9.17, 15) is 4.79 Å². The molecule has 0 N–H and O–H groups in total. The molecule has 0 unspecified atom stereocenters. The molecular formula is C16H20N2O. The Kier molecular flexibility index (Phi) is 3.36. The Morgan fingerprint density at radius 3 is 3.05 bits per heavy atom. The van der Waals surface area contributed by atoms with Crippen molar-refractivity contribution in [3.63, 3.8) is 0 Å². The molecule has 3 nitrogen and oxygen atoms in total. The highest BCUT2D eigenvalue weighted by Crippen LogP contribution is 2.43. The van der Waals surface area contributed by atoms with Crippen molar-refractivity contribution in [2.45, 2.75) is 19.3 Å². The van der Waals surface area contributed by atoms with Crippen molar-refractivity contribution in [3.8, 4) is 0 Å². The molecule has 1 aromatic rings. The highest BCUT2D eigenvalue weighted by atomic mass is 16.2. The van der Waals surface area contributed by atoms with Gasteiger partial charge in [-0.2, -0.15) is 0 Å². The van der Waals surface area contributed by atoms with E-state index in [2.05, 4.69) is 23.7 Å². The average molecular weight is 256 g/mol. The Balaban J connectivity index is 1.66. The molecule has 19 heavy (non-hydrogen) atoms. The Morgan fingerprint density at radius 1 is 1.42 bits per heavy atom. The summed E-state index contributed by atoms with van der Waals surface area (Å²) in [7, 11) is 0. The molecular weight excluding hydrogens is 236 g/mol. The lowest BCUT2D eigenvalue weighted by atomic mass is 9.89. The van der Waals surface area contributed by atoms with Crippen LogP contribution >= 0.6 is 0 Å². The highest BCUT2D eigenvalue weighted by molar-refractivity contribution is 5.87. The molecule has 0 bridgehead atoms. The van der Waals surface area contributed by atoms with Crippen LogP contribution in [0.4, 0.5) is 0 Å². The molecule has 1 saturated heterocycles. The third-order valence-corrected chi connectivity index (χ3v) is 4.69. The first-order valence-electron chi connectivity index (χ1n) is 7.09. The quantitative estimate of drug-likeness (QED) is 0.777. The second kappa shape index (κ2) is 5.16. The summed E-state index contributed by atoms with van der Waals surface area (Å²) in [6.45, 7) is 5.42. The van der Waals surface area contributed by atoms with Crippen LogP contribution in [0.5, 0.6) is 0 Å². The van der Waals surface area contributed by atoms with Gasteiger partial charge < -0.3 is 4.90 Å². The van der Waals surface area contributed by atoms with Gasteiger partial charge in [-0.25, -0.2) is 0 Å². The average Bonchev–Trinajstić information content (AvgIpc) is 3.01. The van der Waals surface area contributed by atoms with Gasteiger partial charge >= 0.3 is 0 Å². The van der Waals surface area contributed by atoms with E-state index in [0.29, 0.717) is 17.8 Å². The van der Waals surface area contributed by atoms with Gasteiger partial charge in [0.15, 0.2) is 0 Å². The van der Waals surface area contributed by atoms with Crippen LogP contribution in [-0.2, 0) is 11.2 Å². The molecule has 0 aromatic carbocycles. The zero-order chi connectivity index (χ0) is 13.2. The molecule has 3 atom stereocenters. The lowest BCUT2D eigenvalue weighted by Crippen LogP contribution is -2.28. The number of likely N-dealkylation sites (tertiary alicyclic amines) is 1. The van der Waals surface area contributed by atoms with Gasteiger partial charge in [0.05, 0.1) is 0 Å². The summed E-state index contributed by atoms with van der Waals surface area (Å²) < 4.78 is 0. The molecule has 1 saturated carbocycles. The van der Waals surface area contributed by atoms with Crippen molar-refractivity contribution in [3.05, 3.63) is 42.7 Å². The number of rotatable bonds is 3. The fourth-order valence-corrected chi connectivity index (χ4v) is 3.73. The number of hydrogen-bond acceptors (Lipinski definition) is 2. The number of nitrogens with zero attached hydrogens (tertiary/aromatic N) is 2. The van der Waals surface area contributed by atoms with Gasteiger partial charge in [0.2, 0.25) is 5.91 Å². The molecule has 1 aliphatic carbocycles. The highest BCUT2D eigenvalue weighted by Gasteiger charge is 2.43. The minimum atomic E-state index is 0.0889. The SMILES string of the molecule is C=CC(=O)N1C[C@H]2CC[C@H](Cc3ccccn3)[C@H]2C1. The lowest BCUT2D eigenvalue weighted by Gasteiger charge is -2.19. The number of fused-ring (bicyclic) bond motifs is 1. The van der Waals surface area contributed by atoms with Crippen molar-refractivity contribution in [2.24, 2.45) is 17.8 Å². The van der Waals surface area contributed by atoms with Crippen molar-refractivity contribution >= 4 is 5.91 Å². The van der Waals surface area contributed by atoms with E-state index < -0.39 is 0 Å². The minimum absolute atomic E-state index is 0.0889. The van der Waals surface area contributed by atoms with Crippen molar-refractivity contribution in [2.75, 3.05) is 13.1 Å². The summed E-state index contributed by atoms with van der Waals surface area (Å²) in [5.74, 6) is 2.12. The molecule has 3 heteroatoms. The van der Waals surface area contributed by atoms with Crippen LogP contribution in [0.3, 0.4) is 0 Å². The maximum Gasteiger partial charge on any atom is 0.245 e. The maximum atomic E-state index is 11.7. The molecule has 1 aliphatic heterocycles. The Morgan fingerprint density at radius 2 is 2.32 bits per heavy atom. The Bertz CT molecular complexity index is 471. The predicted octanol–water partition coefficient (Wildman–Crippen LogP) is 2.29. The Labute approximate surface area is 114 Å². The number of amides is 1. The zero-order valence-electron chi connectivity index (χ0n) is 11.2. The summed E-state index contributed by atoms with van der Waals surface area (Å²) in [5.41, 5.74) is 1.18. The monoisotopic (exact) mass is 256 g/mol. The van der Waals surface area contributed by atoms with Gasteiger partial charge in [-0.15, -0.1) is 0 Å². The van der Waals surface area contributed by atoms with Crippen LogP contribution in [0.25, 0.3) is 0 Å². The van der Waals surface area contributed by atoms with Crippen molar-refractivity contribution < 1.29 is 4.79 Å². The fourth-order valence-electron chi connectivity index (χ4n) is 3.73. The maximum absolute atomic E-state index is 11.7. The predicted molar refractivity (Wildman–Crippen MR) is 74.4 cm³/mol. The van der Waals surface area contributed by atoms with Gasteiger partial charge in [-0.05, 0) is 55.2 Å². The molecule has 2 fully saturated rings. The topological polar surface area (TPSA) is 33.2 Å². The van der Waals surface area contributed by atoms with E-state index in [1.54, 1.807) is 0 Å². The number of carbonyl (C=O) groups is 1. The van der Waals surface area contributed by atoms with Crippen LogP contribution in [0, 0.1) is 17.8 Å². The van der Waals surface area contributed by atoms with Gasteiger partial charge in [0.1, 0.15) is 0 Å². The summed E-state index contributed by atoms with van der Waals surface area (Å²) in [6, 6.07) is 6.12. The molecule has 0 spiro atoms. The summed E-state index contributed by atoms with van der Waals surface area (Å²) >= 11 is 0. The first-order valence-corrected chi connectivity index (χ1v) is 7.09. The largest absolute Gasteiger partial charge is 0.339 e. The van der Waals surface area contributed by atoms with Crippen LogP contribution in [-0.4, -0.2) is 28.9 Å². The van der Waals surface area contributed by atoms with E-state index in [4.69, 9.17) is 0 Å². The first kappa shape index (κ1) is 12.4. The zero-order valence-corrected chi connectivity index (χ0v) is 11.2. The smallest absolute Gasteiger partial charge is 0.245 e. The van der Waals surface area contributed by atoms with Crippen LogP contribution in [0.1, 0.15) is 18.5 Å². The van der Waals surface area contributed by atoms with Gasteiger partial charge in [-0.1, -0.05) is 12.6 Å². The van der Waals surface area contributed by atoms with E-state index in [1.165, 1.54) is 24.6 Å². The van der Waals surface area contributed by atoms with Gasteiger partial charge in [0.25, 0.3) is 0 Å². The minimum Gasteiger partial charge on any atom is -0.339 e. The standard InChI is InChI=1S/C16H20N2O/c1-2-16(19)18-10-13-7-6-12(15(13)11-18)9-14-5-3-4-8-17-14/h2-5,8,12-13,15H,1,6-7,9-11H2/t12-,13-,15-/m1/s1. The Hall–Kier alpha value is -1.64. The van der Waals surface area contributed by atoms with E-state index >= 15 is 0 Å². The van der Waals surface area contributed by atoms with E-state index in [0.717, 1.165) is 19.5 Å². The van der Waals surface area contributed by atoms with Gasteiger partial charge in [0, 0.05) is 25.0 Å². The second-order valence-electron chi connectivity index (χ2n) is 5.73.